The highest BCUT2D eigenvalue weighted by molar-refractivity contribution is 7.92. The molecule has 1 N–H and O–H groups in total. The zero-order valence-electron chi connectivity index (χ0n) is 20.9. The van der Waals surface area contributed by atoms with Crippen LogP contribution in [0.4, 0.5) is 11.4 Å². The van der Waals surface area contributed by atoms with E-state index in [2.05, 4.69) is 22.3 Å². The van der Waals surface area contributed by atoms with Gasteiger partial charge in [-0.15, -0.1) is 0 Å². The summed E-state index contributed by atoms with van der Waals surface area (Å²) in [6.07, 6.45) is 2.42. The Morgan fingerprint density at radius 2 is 1.64 bits per heavy atom. The van der Waals surface area contributed by atoms with Crippen LogP contribution in [0, 0.1) is 13.8 Å². The van der Waals surface area contributed by atoms with Gasteiger partial charge in [-0.25, -0.2) is 8.42 Å². The molecule has 1 heterocycles. The van der Waals surface area contributed by atoms with Crippen LogP contribution in [0.15, 0.2) is 71.6 Å². The van der Waals surface area contributed by atoms with Crippen molar-refractivity contribution in [2.75, 3.05) is 28.8 Å². The van der Waals surface area contributed by atoms with Crippen molar-refractivity contribution in [3.63, 3.8) is 0 Å². The van der Waals surface area contributed by atoms with Gasteiger partial charge >= 0.3 is 0 Å². The molecule has 36 heavy (non-hydrogen) atoms. The van der Waals surface area contributed by atoms with Crippen molar-refractivity contribution in [3.8, 4) is 0 Å². The van der Waals surface area contributed by atoms with E-state index in [1.54, 1.807) is 42.5 Å². The Labute approximate surface area is 218 Å². The summed E-state index contributed by atoms with van der Waals surface area (Å²) < 4.78 is 28.3. The average Bonchev–Trinajstić information content (AvgIpc) is 3.40. The summed E-state index contributed by atoms with van der Waals surface area (Å²) in [5, 5.41) is 3.39. The second-order valence-corrected chi connectivity index (χ2v) is 11.6. The minimum absolute atomic E-state index is 0.114. The highest BCUT2D eigenvalue weighted by Crippen LogP contribution is 2.28. The fourth-order valence-corrected chi connectivity index (χ4v) is 5.93. The second-order valence-electron chi connectivity index (χ2n) is 9.33. The minimum atomic E-state index is -4.00. The van der Waals surface area contributed by atoms with E-state index in [1.165, 1.54) is 18.5 Å². The molecule has 1 fully saturated rings. The van der Waals surface area contributed by atoms with Gasteiger partial charge in [0.2, 0.25) is 5.91 Å². The number of sulfonamides is 1. The predicted molar refractivity (Wildman–Crippen MR) is 146 cm³/mol. The third kappa shape index (κ3) is 5.85. The summed E-state index contributed by atoms with van der Waals surface area (Å²) >= 11 is 6.31. The summed E-state index contributed by atoms with van der Waals surface area (Å²) in [6, 6.07) is 19.5. The zero-order valence-corrected chi connectivity index (χ0v) is 22.4. The molecule has 190 valence electrons. The first kappa shape index (κ1) is 26.0. The molecule has 1 unspecified atom stereocenters. The van der Waals surface area contributed by atoms with Crippen LogP contribution >= 0.6 is 11.6 Å². The lowest BCUT2D eigenvalue weighted by Crippen LogP contribution is -2.41. The first-order valence-corrected chi connectivity index (χ1v) is 14.0. The van der Waals surface area contributed by atoms with Crippen LogP contribution in [-0.2, 0) is 14.8 Å². The molecule has 4 rings (SSSR count). The number of aryl methyl sites for hydroxylation is 2. The molecule has 8 heteroatoms. The summed E-state index contributed by atoms with van der Waals surface area (Å²) in [6.45, 7) is 7.39. The van der Waals surface area contributed by atoms with E-state index < -0.39 is 15.9 Å². The number of rotatable bonds is 8. The lowest BCUT2D eigenvalue weighted by Gasteiger charge is -2.26. The van der Waals surface area contributed by atoms with Crippen molar-refractivity contribution < 1.29 is 13.2 Å². The Balaban J connectivity index is 1.54. The smallest absolute Gasteiger partial charge is 0.264 e. The molecule has 0 aromatic heterocycles. The molecule has 6 nitrogen and oxygen atoms in total. The molecule has 1 aliphatic heterocycles. The molecular weight excluding hydrogens is 494 g/mol. The first-order valence-electron chi connectivity index (χ1n) is 12.1. The molecule has 1 amide bonds. The van der Waals surface area contributed by atoms with Gasteiger partial charge in [0.25, 0.3) is 10.0 Å². The van der Waals surface area contributed by atoms with Crippen molar-refractivity contribution in [2.45, 2.75) is 44.6 Å². The second kappa shape index (κ2) is 10.9. The van der Waals surface area contributed by atoms with Gasteiger partial charge in [-0.05, 0) is 81.1 Å². The van der Waals surface area contributed by atoms with Gasteiger partial charge in [-0.2, -0.15) is 0 Å². The van der Waals surface area contributed by atoms with Crippen molar-refractivity contribution >= 4 is 38.9 Å². The molecule has 1 aliphatic rings. The molecule has 0 aliphatic carbocycles. The standard InChI is InChI=1S/C28H32ClN3O3S/c1-20-6-14-26(15-7-20)36(34,35)32(25-11-8-21(2)27(29)18-25)19-28(33)30-22(3)23-9-12-24(13-10-23)31-16-4-5-17-31/h6-15,18,22H,4-5,16-17,19H2,1-3H3,(H,30,33). The van der Waals surface area contributed by atoms with E-state index in [0.717, 1.165) is 34.1 Å². The Bertz CT molecular complexity index is 1320. The minimum Gasteiger partial charge on any atom is -0.372 e. The third-order valence-electron chi connectivity index (χ3n) is 6.58. The van der Waals surface area contributed by atoms with Crippen LogP contribution in [0.2, 0.25) is 5.02 Å². The zero-order chi connectivity index (χ0) is 25.9. The largest absolute Gasteiger partial charge is 0.372 e. The molecule has 1 saturated heterocycles. The van der Waals surface area contributed by atoms with Gasteiger partial charge in [0.1, 0.15) is 6.54 Å². The number of anilines is 2. The number of hydrogen-bond donors (Lipinski definition) is 1. The lowest BCUT2D eigenvalue weighted by atomic mass is 10.1. The number of carbonyl (C=O) groups excluding carboxylic acids is 1. The quantitative estimate of drug-likeness (QED) is 0.414. The first-order chi connectivity index (χ1) is 17.1. The highest BCUT2D eigenvalue weighted by atomic mass is 35.5. The van der Waals surface area contributed by atoms with Gasteiger partial charge < -0.3 is 10.2 Å². The number of nitrogens with one attached hydrogen (secondary N) is 1. The van der Waals surface area contributed by atoms with Crippen LogP contribution < -0.4 is 14.5 Å². The van der Waals surface area contributed by atoms with Gasteiger partial charge in [0.05, 0.1) is 16.6 Å². The monoisotopic (exact) mass is 525 g/mol. The molecule has 0 bridgehead atoms. The summed E-state index contributed by atoms with van der Waals surface area (Å²) in [5.41, 5.74) is 4.24. The number of nitrogens with zero attached hydrogens (tertiary/aromatic N) is 2. The van der Waals surface area contributed by atoms with E-state index in [9.17, 15) is 13.2 Å². The fourth-order valence-electron chi connectivity index (χ4n) is 4.34. The van der Waals surface area contributed by atoms with Crippen molar-refractivity contribution in [2.24, 2.45) is 0 Å². The summed E-state index contributed by atoms with van der Waals surface area (Å²) in [4.78, 5) is 15.6. The Morgan fingerprint density at radius 1 is 1.00 bits per heavy atom. The SMILES string of the molecule is Cc1ccc(S(=O)(=O)N(CC(=O)NC(C)c2ccc(N3CCCC3)cc2)c2ccc(C)c(Cl)c2)cc1. The number of hydrogen-bond acceptors (Lipinski definition) is 4. The van der Waals surface area contributed by atoms with E-state index >= 15 is 0 Å². The maximum absolute atomic E-state index is 13.6. The highest BCUT2D eigenvalue weighted by Gasteiger charge is 2.28. The summed E-state index contributed by atoms with van der Waals surface area (Å²) in [5.74, 6) is -0.404. The molecule has 0 saturated carbocycles. The van der Waals surface area contributed by atoms with Gasteiger partial charge in [-0.3, -0.25) is 9.10 Å². The predicted octanol–water partition coefficient (Wildman–Crippen LogP) is 5.63. The molecule has 0 spiro atoms. The number of halogens is 1. The average molecular weight is 526 g/mol. The van der Waals surface area contributed by atoms with E-state index in [4.69, 9.17) is 11.6 Å². The summed E-state index contributed by atoms with van der Waals surface area (Å²) in [7, 11) is -4.00. The van der Waals surface area contributed by atoms with E-state index in [-0.39, 0.29) is 17.5 Å². The van der Waals surface area contributed by atoms with Gasteiger partial charge in [-0.1, -0.05) is 47.5 Å². The van der Waals surface area contributed by atoms with Crippen LogP contribution in [0.1, 0.15) is 42.5 Å². The maximum Gasteiger partial charge on any atom is 0.264 e. The number of amides is 1. The lowest BCUT2D eigenvalue weighted by molar-refractivity contribution is -0.120. The Morgan fingerprint density at radius 3 is 2.25 bits per heavy atom. The van der Waals surface area contributed by atoms with Crippen LogP contribution in [0.5, 0.6) is 0 Å². The molecule has 0 radical (unpaired) electrons. The van der Waals surface area contributed by atoms with Crippen LogP contribution in [0.25, 0.3) is 0 Å². The van der Waals surface area contributed by atoms with E-state index in [0.29, 0.717) is 10.7 Å². The third-order valence-corrected chi connectivity index (χ3v) is 8.78. The number of benzene rings is 3. The van der Waals surface area contributed by atoms with Gasteiger partial charge in [0, 0.05) is 23.8 Å². The van der Waals surface area contributed by atoms with E-state index in [1.807, 2.05) is 32.9 Å². The maximum atomic E-state index is 13.6. The topological polar surface area (TPSA) is 69.7 Å². The van der Waals surface area contributed by atoms with Crippen LogP contribution in [0.3, 0.4) is 0 Å². The Hall–Kier alpha value is -3.03. The fraction of sp³-hybridized carbons (Fsp3) is 0.321. The van der Waals surface area contributed by atoms with Crippen molar-refractivity contribution in [3.05, 3.63) is 88.4 Å². The van der Waals surface area contributed by atoms with Crippen LogP contribution in [-0.4, -0.2) is 34.0 Å². The molecular formula is C28H32ClN3O3S. The Kier molecular flexibility index (Phi) is 7.91. The normalized spacial score (nSPS) is 14.5. The number of carbonyl (C=O) groups is 1. The van der Waals surface area contributed by atoms with Crippen molar-refractivity contribution in [1.82, 2.24) is 5.32 Å². The molecule has 3 aromatic carbocycles. The molecule has 1 atom stereocenters. The van der Waals surface area contributed by atoms with Crippen molar-refractivity contribution in [1.29, 1.82) is 0 Å². The molecule has 3 aromatic rings. The van der Waals surface area contributed by atoms with Gasteiger partial charge in [0.15, 0.2) is 0 Å².